The van der Waals surface area contributed by atoms with Gasteiger partial charge in [0.05, 0.1) is 18.7 Å². The molecule has 4 aromatic rings. The maximum Gasteiger partial charge on any atom is 0.269 e. The Bertz CT molecular complexity index is 1240. The maximum absolute atomic E-state index is 14.5. The molecule has 2 aromatic heterocycles. The number of nitrogens with one attached hydrogen (secondary N) is 1. The van der Waals surface area contributed by atoms with Gasteiger partial charge in [0.2, 0.25) is 0 Å². The number of nitrogens with zero attached hydrogens (tertiary/aromatic N) is 2. The number of hydrogen-bond acceptors (Lipinski definition) is 4. The standard InChI is InChI=1S/C22H19FN4O2/c23-17-4-2-1-3-14(17)16-12-25-21(22(24)28)20-19(16)15-6-5-13(11-18(15)26-20)27-7-9-29-10-8-27/h1-6,11-12,26H,7-10H2,(H2,24,28). The summed E-state index contributed by atoms with van der Waals surface area (Å²) in [6, 6.07) is 12.6. The Balaban J connectivity index is 1.78. The monoisotopic (exact) mass is 390 g/mol. The molecule has 1 amide bonds. The summed E-state index contributed by atoms with van der Waals surface area (Å²) in [4.78, 5) is 21.7. The summed E-state index contributed by atoms with van der Waals surface area (Å²) in [5, 5.41) is 1.63. The molecule has 1 saturated heterocycles. The molecular weight excluding hydrogens is 371 g/mol. The average Bonchev–Trinajstić information content (AvgIpc) is 3.13. The van der Waals surface area contributed by atoms with Crippen LogP contribution in [0.3, 0.4) is 0 Å². The van der Waals surface area contributed by atoms with E-state index in [-0.39, 0.29) is 11.5 Å². The van der Waals surface area contributed by atoms with Gasteiger partial charge in [-0.25, -0.2) is 9.37 Å². The van der Waals surface area contributed by atoms with Crippen LogP contribution in [-0.4, -0.2) is 42.2 Å². The Hall–Kier alpha value is -3.45. The molecule has 0 atom stereocenters. The highest BCUT2D eigenvalue weighted by atomic mass is 19.1. The number of carbonyl (C=O) groups excluding carboxylic acids is 1. The van der Waals surface area contributed by atoms with E-state index < -0.39 is 5.91 Å². The van der Waals surface area contributed by atoms with E-state index in [0.29, 0.717) is 29.9 Å². The lowest BCUT2D eigenvalue weighted by atomic mass is 10.00. The van der Waals surface area contributed by atoms with Crippen molar-refractivity contribution in [3.63, 3.8) is 0 Å². The van der Waals surface area contributed by atoms with Crippen LogP contribution in [0, 0.1) is 5.82 Å². The van der Waals surface area contributed by atoms with Gasteiger partial charge in [0.25, 0.3) is 5.91 Å². The normalized spacial score (nSPS) is 14.6. The molecule has 146 valence electrons. The van der Waals surface area contributed by atoms with Crippen molar-refractivity contribution in [3.8, 4) is 11.1 Å². The molecule has 2 aromatic carbocycles. The number of H-pyrrole nitrogens is 1. The number of anilines is 1. The maximum atomic E-state index is 14.5. The summed E-state index contributed by atoms with van der Waals surface area (Å²) in [5.41, 5.74) is 9.17. The first-order chi connectivity index (χ1) is 14.1. The van der Waals surface area contributed by atoms with Crippen molar-refractivity contribution < 1.29 is 13.9 Å². The van der Waals surface area contributed by atoms with E-state index in [9.17, 15) is 9.18 Å². The number of hydrogen-bond donors (Lipinski definition) is 2. The molecule has 0 aliphatic carbocycles. The molecule has 5 rings (SSSR count). The van der Waals surface area contributed by atoms with Gasteiger partial charge in [0, 0.05) is 52.4 Å². The van der Waals surface area contributed by atoms with Crippen molar-refractivity contribution in [2.45, 2.75) is 0 Å². The third-order valence-electron chi connectivity index (χ3n) is 5.38. The van der Waals surface area contributed by atoms with Crippen molar-refractivity contribution in [1.82, 2.24) is 9.97 Å². The van der Waals surface area contributed by atoms with Crippen LogP contribution in [0.5, 0.6) is 0 Å². The molecule has 0 bridgehead atoms. The molecule has 1 aliphatic rings. The van der Waals surface area contributed by atoms with Crippen LogP contribution in [-0.2, 0) is 4.74 Å². The molecule has 7 heteroatoms. The van der Waals surface area contributed by atoms with Crippen LogP contribution < -0.4 is 10.6 Å². The summed E-state index contributed by atoms with van der Waals surface area (Å²) >= 11 is 0. The molecule has 0 saturated carbocycles. The molecule has 6 nitrogen and oxygen atoms in total. The summed E-state index contributed by atoms with van der Waals surface area (Å²) < 4.78 is 20.0. The predicted octanol–water partition coefficient (Wildman–Crippen LogP) is 3.46. The van der Waals surface area contributed by atoms with Gasteiger partial charge in [-0.2, -0.15) is 0 Å². The van der Waals surface area contributed by atoms with Crippen LogP contribution in [0.1, 0.15) is 10.5 Å². The first-order valence-corrected chi connectivity index (χ1v) is 9.45. The number of rotatable bonds is 3. The number of carbonyl (C=O) groups is 1. The molecule has 29 heavy (non-hydrogen) atoms. The van der Waals surface area contributed by atoms with Gasteiger partial charge in [-0.15, -0.1) is 0 Å². The summed E-state index contributed by atoms with van der Waals surface area (Å²) in [5.74, 6) is -0.975. The average molecular weight is 390 g/mol. The summed E-state index contributed by atoms with van der Waals surface area (Å²) in [6.07, 6.45) is 1.52. The van der Waals surface area contributed by atoms with E-state index in [2.05, 4.69) is 14.9 Å². The van der Waals surface area contributed by atoms with Crippen molar-refractivity contribution in [2.75, 3.05) is 31.2 Å². The zero-order valence-electron chi connectivity index (χ0n) is 15.6. The third kappa shape index (κ3) is 2.91. The minimum Gasteiger partial charge on any atom is -0.378 e. The van der Waals surface area contributed by atoms with Crippen molar-refractivity contribution >= 4 is 33.4 Å². The number of fused-ring (bicyclic) bond motifs is 3. The van der Waals surface area contributed by atoms with Gasteiger partial charge in [0.15, 0.2) is 5.69 Å². The van der Waals surface area contributed by atoms with E-state index in [1.807, 2.05) is 18.2 Å². The first-order valence-electron chi connectivity index (χ1n) is 9.45. The van der Waals surface area contributed by atoms with Gasteiger partial charge in [-0.3, -0.25) is 4.79 Å². The van der Waals surface area contributed by atoms with Gasteiger partial charge >= 0.3 is 0 Å². The van der Waals surface area contributed by atoms with Crippen molar-refractivity contribution in [3.05, 3.63) is 60.2 Å². The Morgan fingerprint density at radius 2 is 1.93 bits per heavy atom. The number of amides is 1. The van der Waals surface area contributed by atoms with E-state index in [0.717, 1.165) is 35.1 Å². The fourth-order valence-electron chi connectivity index (χ4n) is 3.99. The first kappa shape index (κ1) is 17.6. The number of morpholine rings is 1. The van der Waals surface area contributed by atoms with Crippen LogP contribution in [0.4, 0.5) is 10.1 Å². The second-order valence-electron chi connectivity index (χ2n) is 7.07. The fourth-order valence-corrected chi connectivity index (χ4v) is 3.99. The highest BCUT2D eigenvalue weighted by Gasteiger charge is 2.20. The Morgan fingerprint density at radius 1 is 1.14 bits per heavy atom. The minimum atomic E-state index is -0.630. The number of halogens is 1. The molecule has 1 fully saturated rings. The van der Waals surface area contributed by atoms with Gasteiger partial charge < -0.3 is 20.4 Å². The molecule has 1 aliphatic heterocycles. The van der Waals surface area contributed by atoms with E-state index in [1.165, 1.54) is 12.3 Å². The number of aromatic amines is 1. The second kappa shape index (κ2) is 6.86. The molecule has 0 radical (unpaired) electrons. The lowest BCUT2D eigenvalue weighted by molar-refractivity contribution is 0.0997. The lowest BCUT2D eigenvalue weighted by Crippen LogP contribution is -2.36. The number of ether oxygens (including phenoxy) is 1. The number of nitrogens with two attached hydrogens (primary N) is 1. The molecule has 3 heterocycles. The minimum absolute atomic E-state index is 0.143. The van der Waals surface area contributed by atoms with Crippen molar-refractivity contribution in [1.29, 1.82) is 0 Å². The quantitative estimate of drug-likeness (QED) is 0.561. The van der Waals surface area contributed by atoms with Gasteiger partial charge in [0.1, 0.15) is 5.82 Å². The fraction of sp³-hybridized carbons (Fsp3) is 0.182. The lowest BCUT2D eigenvalue weighted by Gasteiger charge is -2.28. The van der Waals surface area contributed by atoms with Crippen LogP contribution in [0.25, 0.3) is 32.9 Å². The van der Waals surface area contributed by atoms with Crippen LogP contribution in [0.2, 0.25) is 0 Å². The summed E-state index contributed by atoms with van der Waals surface area (Å²) in [6.45, 7) is 3.02. The van der Waals surface area contributed by atoms with Crippen molar-refractivity contribution in [2.24, 2.45) is 5.73 Å². The van der Waals surface area contributed by atoms with Gasteiger partial charge in [-0.05, 0) is 18.2 Å². The number of pyridine rings is 1. The van der Waals surface area contributed by atoms with E-state index in [4.69, 9.17) is 10.5 Å². The smallest absolute Gasteiger partial charge is 0.269 e. The summed E-state index contributed by atoms with van der Waals surface area (Å²) in [7, 11) is 0. The van der Waals surface area contributed by atoms with E-state index in [1.54, 1.807) is 18.2 Å². The molecule has 0 spiro atoms. The largest absolute Gasteiger partial charge is 0.378 e. The van der Waals surface area contributed by atoms with E-state index >= 15 is 0 Å². The molecule has 3 N–H and O–H groups in total. The predicted molar refractivity (Wildman–Crippen MR) is 111 cm³/mol. The Morgan fingerprint density at radius 3 is 2.69 bits per heavy atom. The topological polar surface area (TPSA) is 84.2 Å². The Kier molecular flexibility index (Phi) is 4.17. The highest BCUT2D eigenvalue weighted by molar-refractivity contribution is 6.19. The SMILES string of the molecule is NC(=O)c1ncc(-c2ccccc2F)c2c1[nH]c1cc(N3CCOCC3)ccc12. The second-order valence-corrected chi connectivity index (χ2v) is 7.07. The van der Waals surface area contributed by atoms with Crippen LogP contribution in [0.15, 0.2) is 48.7 Å². The Labute approximate surface area is 166 Å². The zero-order valence-corrected chi connectivity index (χ0v) is 15.6. The molecular formula is C22H19FN4O2. The number of benzene rings is 2. The number of primary amides is 1. The third-order valence-corrected chi connectivity index (χ3v) is 5.38. The van der Waals surface area contributed by atoms with Crippen LogP contribution >= 0.6 is 0 Å². The number of aromatic nitrogens is 2. The van der Waals surface area contributed by atoms with Gasteiger partial charge in [-0.1, -0.05) is 24.3 Å². The zero-order chi connectivity index (χ0) is 20.0. The highest BCUT2D eigenvalue weighted by Crippen LogP contribution is 2.37. The molecule has 0 unspecified atom stereocenters.